The van der Waals surface area contributed by atoms with Gasteiger partial charge >= 0.3 is 0 Å². The third-order valence-electron chi connectivity index (χ3n) is 7.60. The number of thiocyanates is 1. The first kappa shape index (κ1) is 23.1. The lowest BCUT2D eigenvalue weighted by Gasteiger charge is -2.36. The van der Waals surface area contributed by atoms with Crippen molar-refractivity contribution in [1.29, 1.82) is 5.26 Å². The fourth-order valence-electron chi connectivity index (χ4n) is 5.81. The molecule has 3 aliphatic carbocycles. The van der Waals surface area contributed by atoms with Crippen LogP contribution in [0.5, 0.6) is 0 Å². The van der Waals surface area contributed by atoms with E-state index < -0.39 is 11.6 Å². The molecule has 0 N–H and O–H groups in total. The maximum atomic E-state index is 14.0. The predicted octanol–water partition coefficient (Wildman–Crippen LogP) is 8.31. The molecule has 1 fully saturated rings. The van der Waals surface area contributed by atoms with Crippen LogP contribution in [0, 0.1) is 51.9 Å². The second kappa shape index (κ2) is 10.7. The molecule has 0 spiro atoms. The number of hydrogen-bond donors (Lipinski definition) is 0. The zero-order valence-corrected chi connectivity index (χ0v) is 19.7. The van der Waals surface area contributed by atoms with Crippen LogP contribution in [0.25, 0.3) is 0 Å². The van der Waals surface area contributed by atoms with Crippen LogP contribution in [0.3, 0.4) is 0 Å². The molecule has 1 unspecified atom stereocenters. The van der Waals surface area contributed by atoms with E-state index in [0.29, 0.717) is 17.3 Å². The van der Waals surface area contributed by atoms with E-state index in [1.54, 1.807) is 11.0 Å². The standard InChI is InChI=1S/C28H31F2NS/c1-19-14-25(24-10-6-21(7-11-24)15-20-4-2-3-5-20)13-12-23(19)9-8-22-16-26(29)28(32-18-31)27(30)17-22/h4,16-17,21,24-25H,2-3,5-7,10-15H2,1H3. The Kier molecular flexibility index (Phi) is 7.75. The van der Waals surface area contributed by atoms with Gasteiger partial charge in [0.15, 0.2) is 0 Å². The van der Waals surface area contributed by atoms with Crippen LogP contribution in [0.15, 0.2) is 39.8 Å². The Labute approximate surface area is 195 Å². The molecule has 0 aromatic heterocycles. The van der Waals surface area contributed by atoms with Gasteiger partial charge in [-0.15, -0.1) is 0 Å². The zero-order valence-electron chi connectivity index (χ0n) is 18.9. The van der Waals surface area contributed by atoms with Gasteiger partial charge in [0.2, 0.25) is 0 Å². The van der Waals surface area contributed by atoms with Gasteiger partial charge in [-0.05, 0) is 119 Å². The maximum Gasteiger partial charge on any atom is 0.142 e. The lowest BCUT2D eigenvalue weighted by molar-refractivity contribution is 0.189. The van der Waals surface area contributed by atoms with Crippen LogP contribution in [0.4, 0.5) is 8.78 Å². The average molecular weight is 452 g/mol. The number of hydrogen-bond acceptors (Lipinski definition) is 2. The number of rotatable bonds is 4. The maximum absolute atomic E-state index is 14.0. The van der Waals surface area contributed by atoms with Crippen molar-refractivity contribution in [3.63, 3.8) is 0 Å². The molecule has 3 aliphatic rings. The minimum absolute atomic E-state index is 0.261. The van der Waals surface area contributed by atoms with E-state index >= 15 is 0 Å². The van der Waals surface area contributed by atoms with Crippen molar-refractivity contribution < 1.29 is 8.78 Å². The third kappa shape index (κ3) is 5.65. The molecule has 4 rings (SSSR count). The van der Waals surface area contributed by atoms with Gasteiger partial charge in [-0.25, -0.2) is 8.78 Å². The molecule has 0 heterocycles. The third-order valence-corrected chi connectivity index (χ3v) is 8.28. The number of thioether (sulfide) groups is 1. The molecule has 0 bridgehead atoms. The molecule has 0 aliphatic heterocycles. The van der Waals surface area contributed by atoms with E-state index in [1.807, 2.05) is 0 Å². The second-order valence-corrected chi connectivity index (χ2v) is 10.5. The van der Waals surface area contributed by atoms with Crippen LogP contribution in [0.2, 0.25) is 0 Å². The number of nitrogens with zero attached hydrogens (tertiary/aromatic N) is 1. The van der Waals surface area contributed by atoms with E-state index in [-0.39, 0.29) is 4.90 Å². The van der Waals surface area contributed by atoms with Crippen molar-refractivity contribution >= 4 is 11.8 Å². The van der Waals surface area contributed by atoms with Gasteiger partial charge in [0, 0.05) is 11.1 Å². The minimum atomic E-state index is -0.727. The van der Waals surface area contributed by atoms with E-state index in [4.69, 9.17) is 5.26 Å². The highest BCUT2D eigenvalue weighted by Gasteiger charge is 2.30. The summed E-state index contributed by atoms with van der Waals surface area (Å²) in [6.07, 6.45) is 16.5. The Morgan fingerprint density at radius 2 is 1.75 bits per heavy atom. The summed E-state index contributed by atoms with van der Waals surface area (Å²) in [5, 5.41) is 10.4. The Bertz CT molecular complexity index is 989. The van der Waals surface area contributed by atoms with E-state index in [2.05, 4.69) is 24.8 Å². The van der Waals surface area contributed by atoms with Crippen LogP contribution >= 0.6 is 11.8 Å². The summed E-state index contributed by atoms with van der Waals surface area (Å²) in [5.74, 6) is 7.16. The number of halogens is 2. The van der Waals surface area contributed by atoms with Crippen molar-refractivity contribution in [1.82, 2.24) is 0 Å². The average Bonchev–Trinajstić information content (AvgIpc) is 3.29. The largest absolute Gasteiger partial charge is 0.206 e. The van der Waals surface area contributed by atoms with Gasteiger partial charge < -0.3 is 0 Å². The lowest BCUT2D eigenvalue weighted by Crippen LogP contribution is -2.24. The Morgan fingerprint density at radius 3 is 2.38 bits per heavy atom. The second-order valence-electron chi connectivity index (χ2n) is 9.71. The van der Waals surface area contributed by atoms with Gasteiger partial charge in [-0.2, -0.15) is 5.26 Å². The Morgan fingerprint density at radius 1 is 1.00 bits per heavy atom. The fourth-order valence-corrected chi connectivity index (χ4v) is 6.22. The van der Waals surface area contributed by atoms with Gasteiger partial charge in [0.25, 0.3) is 0 Å². The first-order valence-corrected chi connectivity index (χ1v) is 12.8. The summed E-state index contributed by atoms with van der Waals surface area (Å²) in [6, 6.07) is 2.44. The quantitative estimate of drug-likeness (QED) is 0.199. The number of allylic oxidation sites excluding steroid dienone is 4. The molecule has 1 aromatic carbocycles. The number of benzene rings is 1. The molecule has 1 nitrogen and oxygen atoms in total. The van der Waals surface area contributed by atoms with Crippen molar-refractivity contribution in [2.75, 3.05) is 0 Å². The smallest absolute Gasteiger partial charge is 0.142 e. The lowest BCUT2D eigenvalue weighted by atomic mass is 9.69. The van der Waals surface area contributed by atoms with Crippen LogP contribution in [-0.4, -0.2) is 0 Å². The molecular weight excluding hydrogens is 420 g/mol. The molecule has 0 saturated heterocycles. The van der Waals surface area contributed by atoms with Crippen molar-refractivity contribution in [3.8, 4) is 17.2 Å². The highest BCUT2D eigenvalue weighted by Crippen LogP contribution is 2.43. The summed E-state index contributed by atoms with van der Waals surface area (Å²) in [4.78, 5) is -0.261. The van der Waals surface area contributed by atoms with Crippen molar-refractivity contribution in [2.45, 2.75) is 82.4 Å². The minimum Gasteiger partial charge on any atom is -0.206 e. The van der Waals surface area contributed by atoms with Crippen molar-refractivity contribution in [2.24, 2.45) is 17.8 Å². The molecule has 1 aromatic rings. The van der Waals surface area contributed by atoms with Crippen molar-refractivity contribution in [3.05, 3.63) is 52.1 Å². The highest BCUT2D eigenvalue weighted by atomic mass is 32.2. The Balaban J connectivity index is 1.34. The van der Waals surface area contributed by atoms with E-state index in [1.165, 1.54) is 75.5 Å². The fraction of sp³-hybridized carbons (Fsp3) is 0.536. The number of nitriles is 1. The molecule has 168 valence electrons. The summed E-state index contributed by atoms with van der Waals surface area (Å²) in [7, 11) is 0. The molecule has 1 atom stereocenters. The first-order chi connectivity index (χ1) is 15.5. The molecule has 0 radical (unpaired) electrons. The molecule has 32 heavy (non-hydrogen) atoms. The van der Waals surface area contributed by atoms with Gasteiger partial charge in [0.05, 0.1) is 4.90 Å². The Hall–Kier alpha value is -2.04. The summed E-state index contributed by atoms with van der Waals surface area (Å²) >= 11 is 0.500. The molecule has 1 saturated carbocycles. The first-order valence-electron chi connectivity index (χ1n) is 12.0. The molecule has 4 heteroatoms. The predicted molar refractivity (Wildman–Crippen MR) is 127 cm³/mol. The van der Waals surface area contributed by atoms with E-state index in [0.717, 1.165) is 36.2 Å². The monoisotopic (exact) mass is 451 g/mol. The van der Waals surface area contributed by atoms with Crippen LogP contribution in [-0.2, 0) is 0 Å². The molecule has 0 amide bonds. The van der Waals surface area contributed by atoms with Gasteiger partial charge in [0.1, 0.15) is 17.0 Å². The molecular formula is C28H31F2NS. The topological polar surface area (TPSA) is 23.8 Å². The summed E-state index contributed by atoms with van der Waals surface area (Å²) in [6.45, 7) is 2.17. The van der Waals surface area contributed by atoms with Crippen LogP contribution in [0.1, 0.15) is 83.1 Å². The van der Waals surface area contributed by atoms with E-state index in [9.17, 15) is 8.78 Å². The summed E-state index contributed by atoms with van der Waals surface area (Å²) < 4.78 is 28.1. The highest BCUT2D eigenvalue weighted by molar-refractivity contribution is 8.03. The van der Waals surface area contributed by atoms with Crippen LogP contribution < -0.4 is 0 Å². The van der Waals surface area contributed by atoms with Gasteiger partial charge in [-0.1, -0.05) is 29.1 Å². The normalized spacial score (nSPS) is 25.7. The SMILES string of the molecule is CC1=C(C#Cc2cc(F)c(SC#N)c(F)c2)CCC(C2CCC(CC3=CCCC3)CC2)C1. The summed E-state index contributed by atoms with van der Waals surface area (Å²) in [5.41, 5.74) is 4.50. The van der Waals surface area contributed by atoms with Gasteiger partial charge in [-0.3, -0.25) is 0 Å². The zero-order chi connectivity index (χ0) is 22.5.